The van der Waals surface area contributed by atoms with E-state index in [-0.39, 0.29) is 11.8 Å². The van der Waals surface area contributed by atoms with Crippen LogP contribution in [0.3, 0.4) is 0 Å². The molecule has 1 aromatic rings. The topological polar surface area (TPSA) is 70.4 Å². The average Bonchev–Trinajstić information content (AvgIpc) is 2.75. The largest absolute Gasteiger partial charge is 0.492 e. The van der Waals surface area contributed by atoms with E-state index in [1.54, 1.807) is 24.3 Å². The number of amides is 2. The third kappa shape index (κ3) is 3.10. The van der Waals surface area contributed by atoms with Crippen LogP contribution in [0.5, 0.6) is 5.75 Å². The summed E-state index contributed by atoms with van der Waals surface area (Å²) in [7, 11) is 0. The van der Waals surface area contributed by atoms with Gasteiger partial charge in [0.25, 0.3) is 0 Å². The second-order valence-corrected chi connectivity index (χ2v) is 4.25. The van der Waals surface area contributed by atoms with Crippen molar-refractivity contribution in [3.63, 3.8) is 0 Å². The predicted molar refractivity (Wildman–Crippen MR) is 67.2 cm³/mol. The lowest BCUT2D eigenvalue weighted by Gasteiger charge is -2.14. The van der Waals surface area contributed by atoms with Gasteiger partial charge in [0.1, 0.15) is 11.8 Å². The Bertz CT molecular complexity index is 518. The van der Waals surface area contributed by atoms with Crippen LogP contribution in [0.2, 0.25) is 0 Å². The van der Waals surface area contributed by atoms with Gasteiger partial charge in [-0.05, 0) is 18.6 Å². The van der Waals surface area contributed by atoms with Gasteiger partial charge in [0.15, 0.2) is 0 Å². The summed E-state index contributed by atoms with van der Waals surface area (Å²) < 4.78 is 5.49. The van der Waals surface area contributed by atoms with E-state index in [1.807, 2.05) is 6.07 Å². The molecular weight excluding hydrogens is 244 g/mol. The molecule has 1 aliphatic heterocycles. The summed E-state index contributed by atoms with van der Waals surface area (Å²) in [5.41, 5.74) is 0.482. The standard InChI is InChI=1S/C14H14N2O3/c15-10-11-4-1-2-5-12(11)19-9-3-8-16-13(17)6-7-14(16)18/h1-2,4-5H,3,6-9H2. The van der Waals surface area contributed by atoms with Gasteiger partial charge in [-0.1, -0.05) is 12.1 Å². The summed E-state index contributed by atoms with van der Waals surface area (Å²) in [5, 5.41) is 8.89. The molecule has 0 unspecified atom stereocenters. The Hall–Kier alpha value is -2.35. The van der Waals surface area contributed by atoms with E-state index in [9.17, 15) is 9.59 Å². The van der Waals surface area contributed by atoms with Crippen molar-refractivity contribution in [2.45, 2.75) is 19.3 Å². The van der Waals surface area contributed by atoms with Crippen LogP contribution >= 0.6 is 0 Å². The molecule has 1 fully saturated rings. The average molecular weight is 258 g/mol. The Morgan fingerprint density at radius 1 is 1.21 bits per heavy atom. The Balaban J connectivity index is 1.80. The molecule has 5 nitrogen and oxygen atoms in total. The lowest BCUT2D eigenvalue weighted by atomic mass is 10.2. The molecule has 5 heteroatoms. The molecule has 1 aliphatic rings. The predicted octanol–water partition coefficient (Wildman–Crippen LogP) is 1.48. The van der Waals surface area contributed by atoms with E-state index in [2.05, 4.69) is 0 Å². The summed E-state index contributed by atoms with van der Waals surface area (Å²) >= 11 is 0. The lowest BCUT2D eigenvalue weighted by Crippen LogP contribution is -2.30. The van der Waals surface area contributed by atoms with E-state index in [4.69, 9.17) is 10.00 Å². The van der Waals surface area contributed by atoms with E-state index in [0.29, 0.717) is 43.7 Å². The molecule has 0 aliphatic carbocycles. The van der Waals surface area contributed by atoms with Crippen LogP contribution in [-0.2, 0) is 9.59 Å². The highest BCUT2D eigenvalue weighted by molar-refractivity contribution is 6.01. The maximum absolute atomic E-state index is 11.4. The number of para-hydroxylation sites is 1. The lowest BCUT2D eigenvalue weighted by molar-refractivity contribution is -0.138. The number of carbonyl (C=O) groups excluding carboxylic acids is 2. The SMILES string of the molecule is N#Cc1ccccc1OCCCN1C(=O)CCC1=O. The highest BCUT2D eigenvalue weighted by Gasteiger charge is 2.27. The minimum atomic E-state index is -0.109. The van der Waals surface area contributed by atoms with E-state index < -0.39 is 0 Å². The van der Waals surface area contributed by atoms with Crippen molar-refractivity contribution >= 4 is 11.8 Å². The van der Waals surface area contributed by atoms with Gasteiger partial charge in [0.05, 0.1) is 12.2 Å². The van der Waals surface area contributed by atoms with E-state index in [0.717, 1.165) is 0 Å². The molecule has 0 bridgehead atoms. The fourth-order valence-corrected chi connectivity index (χ4v) is 1.96. The number of rotatable bonds is 5. The molecule has 1 heterocycles. The number of likely N-dealkylation sites (tertiary alicyclic amines) is 1. The summed E-state index contributed by atoms with van der Waals surface area (Å²) in [6.07, 6.45) is 1.20. The fourth-order valence-electron chi connectivity index (χ4n) is 1.96. The molecule has 0 radical (unpaired) electrons. The van der Waals surface area contributed by atoms with Crippen LogP contribution in [0.15, 0.2) is 24.3 Å². The van der Waals surface area contributed by atoms with Crippen molar-refractivity contribution < 1.29 is 14.3 Å². The van der Waals surface area contributed by atoms with Crippen molar-refractivity contribution in [3.8, 4) is 11.8 Å². The summed E-state index contributed by atoms with van der Waals surface area (Å²) in [5.74, 6) is 0.314. The molecule has 0 spiro atoms. The fraction of sp³-hybridized carbons (Fsp3) is 0.357. The van der Waals surface area contributed by atoms with Crippen LogP contribution in [0.4, 0.5) is 0 Å². The number of hydrogen-bond donors (Lipinski definition) is 0. The van der Waals surface area contributed by atoms with Crippen LogP contribution < -0.4 is 4.74 Å². The van der Waals surface area contributed by atoms with Gasteiger partial charge in [-0.2, -0.15) is 5.26 Å². The first-order valence-electron chi connectivity index (χ1n) is 6.17. The Morgan fingerprint density at radius 3 is 2.58 bits per heavy atom. The highest BCUT2D eigenvalue weighted by Crippen LogP contribution is 2.17. The minimum absolute atomic E-state index is 0.109. The van der Waals surface area contributed by atoms with Gasteiger partial charge in [-0.15, -0.1) is 0 Å². The number of hydrogen-bond acceptors (Lipinski definition) is 4. The molecule has 1 saturated heterocycles. The van der Waals surface area contributed by atoms with Crippen LogP contribution in [-0.4, -0.2) is 29.9 Å². The van der Waals surface area contributed by atoms with Crippen LogP contribution in [0.25, 0.3) is 0 Å². The zero-order chi connectivity index (χ0) is 13.7. The second kappa shape index (κ2) is 6.01. The number of carbonyl (C=O) groups is 2. The number of ether oxygens (including phenoxy) is 1. The maximum Gasteiger partial charge on any atom is 0.229 e. The van der Waals surface area contributed by atoms with Gasteiger partial charge in [0.2, 0.25) is 11.8 Å². The zero-order valence-electron chi connectivity index (χ0n) is 10.5. The third-order valence-corrected chi connectivity index (χ3v) is 2.95. The van der Waals surface area contributed by atoms with Gasteiger partial charge >= 0.3 is 0 Å². The van der Waals surface area contributed by atoms with Crippen molar-refractivity contribution in [2.75, 3.05) is 13.2 Å². The van der Waals surface area contributed by atoms with Crippen molar-refractivity contribution in [3.05, 3.63) is 29.8 Å². The minimum Gasteiger partial charge on any atom is -0.492 e. The molecule has 0 saturated carbocycles. The van der Waals surface area contributed by atoms with E-state index >= 15 is 0 Å². The first-order valence-corrected chi connectivity index (χ1v) is 6.17. The molecule has 0 aromatic heterocycles. The van der Waals surface area contributed by atoms with Crippen molar-refractivity contribution in [2.24, 2.45) is 0 Å². The normalized spacial score (nSPS) is 14.6. The smallest absolute Gasteiger partial charge is 0.229 e. The number of nitrogens with zero attached hydrogens (tertiary/aromatic N) is 2. The van der Waals surface area contributed by atoms with Crippen LogP contribution in [0.1, 0.15) is 24.8 Å². The molecule has 0 atom stereocenters. The first kappa shape index (κ1) is 13.1. The van der Waals surface area contributed by atoms with E-state index in [1.165, 1.54) is 4.90 Å². The van der Waals surface area contributed by atoms with Crippen LogP contribution in [0, 0.1) is 11.3 Å². The van der Waals surface area contributed by atoms with Crippen molar-refractivity contribution in [1.29, 1.82) is 5.26 Å². The van der Waals surface area contributed by atoms with Crippen molar-refractivity contribution in [1.82, 2.24) is 4.90 Å². The molecule has 1 aromatic carbocycles. The number of imide groups is 1. The Labute approximate surface area is 111 Å². The van der Waals surface area contributed by atoms with Gasteiger partial charge in [0, 0.05) is 19.4 Å². The number of nitriles is 1. The first-order chi connectivity index (χ1) is 9.22. The van der Waals surface area contributed by atoms with Gasteiger partial charge in [-0.3, -0.25) is 14.5 Å². The molecule has 19 heavy (non-hydrogen) atoms. The molecule has 2 amide bonds. The van der Waals surface area contributed by atoms with Gasteiger partial charge in [-0.25, -0.2) is 0 Å². The summed E-state index contributed by atoms with van der Waals surface area (Å²) in [6.45, 7) is 0.752. The third-order valence-electron chi connectivity index (χ3n) is 2.95. The Kier molecular flexibility index (Phi) is 4.14. The molecule has 0 N–H and O–H groups in total. The maximum atomic E-state index is 11.4. The zero-order valence-corrected chi connectivity index (χ0v) is 10.5. The second-order valence-electron chi connectivity index (χ2n) is 4.25. The molecule has 98 valence electrons. The number of benzene rings is 1. The van der Waals surface area contributed by atoms with Gasteiger partial charge < -0.3 is 4.74 Å². The summed E-state index contributed by atoms with van der Waals surface area (Å²) in [4.78, 5) is 24.0. The quantitative estimate of drug-likeness (QED) is 0.592. The summed E-state index contributed by atoms with van der Waals surface area (Å²) in [6, 6.07) is 9.02. The monoisotopic (exact) mass is 258 g/mol. The molecule has 2 rings (SSSR count). The highest BCUT2D eigenvalue weighted by atomic mass is 16.5. The Morgan fingerprint density at radius 2 is 1.89 bits per heavy atom. The molecular formula is C14H14N2O3.